The minimum Gasteiger partial charge on any atom is -0.497 e. The number of carbonyl (C=O) groups is 3. The van der Waals surface area contributed by atoms with Gasteiger partial charge in [0.15, 0.2) is 14.6 Å². The number of nitrogens with zero attached hydrogens (tertiary/aromatic N) is 2. The molecule has 13 heteroatoms. The molecule has 0 saturated carbocycles. The van der Waals surface area contributed by atoms with Crippen molar-refractivity contribution in [1.82, 2.24) is 4.57 Å². The van der Waals surface area contributed by atoms with Crippen LogP contribution in [0.15, 0.2) is 23.2 Å². The maximum atomic E-state index is 12.8. The van der Waals surface area contributed by atoms with Gasteiger partial charge in [-0.2, -0.15) is 4.99 Å². The topological polar surface area (TPSA) is 133 Å². The van der Waals surface area contributed by atoms with Crippen molar-refractivity contribution in [2.24, 2.45) is 4.99 Å². The van der Waals surface area contributed by atoms with Crippen LogP contribution in [0.1, 0.15) is 47.0 Å². The number of anilines is 1. The van der Waals surface area contributed by atoms with E-state index in [1.54, 1.807) is 29.7 Å². The normalized spacial score (nSPS) is 13.8. The van der Waals surface area contributed by atoms with E-state index in [2.05, 4.69) is 16.2 Å². The predicted octanol–water partition coefficient (Wildman–Crippen LogP) is 3.33. The zero-order chi connectivity index (χ0) is 28.9. The maximum Gasteiger partial charge on any atom is 0.341 e. The maximum absolute atomic E-state index is 12.8. The van der Waals surface area contributed by atoms with Crippen molar-refractivity contribution in [3.8, 4) is 18.1 Å². The molecule has 212 valence electrons. The number of amides is 2. The second-order valence-corrected chi connectivity index (χ2v) is 13.3. The van der Waals surface area contributed by atoms with Crippen molar-refractivity contribution in [3.63, 3.8) is 0 Å². The number of hydrogen-bond donors (Lipinski definition) is 1. The van der Waals surface area contributed by atoms with Gasteiger partial charge in [0.1, 0.15) is 22.3 Å². The molecule has 0 atom stereocenters. The molecular formula is C27H29N3O7S3. The number of ether oxygens (including phenoxy) is 2. The molecule has 2 heterocycles. The molecule has 0 radical (unpaired) electrons. The van der Waals surface area contributed by atoms with E-state index < -0.39 is 39.1 Å². The lowest BCUT2D eigenvalue weighted by Gasteiger charge is -2.08. The van der Waals surface area contributed by atoms with Gasteiger partial charge in [0, 0.05) is 4.88 Å². The molecule has 0 fully saturated rings. The Kier molecular flexibility index (Phi) is 9.44. The molecule has 10 nitrogen and oxygen atoms in total. The van der Waals surface area contributed by atoms with Crippen LogP contribution in [0, 0.1) is 12.3 Å². The molecule has 3 aromatic rings. The Morgan fingerprint density at radius 1 is 1.15 bits per heavy atom. The Balaban J connectivity index is 1.52. The lowest BCUT2D eigenvalue weighted by atomic mass is 10.1. The van der Waals surface area contributed by atoms with Crippen LogP contribution in [0.4, 0.5) is 5.00 Å². The fraction of sp³-hybridized carbons (Fsp3) is 0.407. The molecule has 0 unspecified atom stereocenters. The number of aryl methyl sites for hydroxylation is 1. The average Bonchev–Trinajstić information content (AvgIpc) is 3.29. The number of carbonyl (C=O) groups excluding carboxylic acids is 3. The lowest BCUT2D eigenvalue weighted by Crippen LogP contribution is -2.28. The highest BCUT2D eigenvalue weighted by Gasteiger charge is 2.28. The van der Waals surface area contributed by atoms with Gasteiger partial charge in [0.25, 0.3) is 5.91 Å². The van der Waals surface area contributed by atoms with E-state index in [9.17, 15) is 22.8 Å². The number of terminal acetylenes is 1. The van der Waals surface area contributed by atoms with Gasteiger partial charge in [0.2, 0.25) is 5.91 Å². The molecule has 2 amide bonds. The third-order valence-corrected chi connectivity index (χ3v) is 9.85. The second-order valence-electron chi connectivity index (χ2n) is 9.08. The summed E-state index contributed by atoms with van der Waals surface area (Å²) < 4.78 is 38.4. The van der Waals surface area contributed by atoms with Crippen LogP contribution in [-0.2, 0) is 43.5 Å². The van der Waals surface area contributed by atoms with Crippen molar-refractivity contribution in [2.75, 3.05) is 30.5 Å². The molecule has 0 saturated heterocycles. The smallest absolute Gasteiger partial charge is 0.341 e. The van der Waals surface area contributed by atoms with E-state index in [-0.39, 0.29) is 23.0 Å². The zero-order valence-electron chi connectivity index (χ0n) is 22.2. The Hall–Kier alpha value is -3.47. The van der Waals surface area contributed by atoms with Crippen molar-refractivity contribution in [2.45, 2.75) is 45.6 Å². The molecular weight excluding hydrogens is 575 g/mol. The average molecular weight is 604 g/mol. The summed E-state index contributed by atoms with van der Waals surface area (Å²) in [6.07, 6.45) is 9.88. The fourth-order valence-corrected chi connectivity index (χ4v) is 7.88. The van der Waals surface area contributed by atoms with E-state index in [1.165, 1.54) is 29.8 Å². The number of nitrogens with one attached hydrogen (secondary N) is 1. The van der Waals surface area contributed by atoms with Gasteiger partial charge in [-0.3, -0.25) is 9.59 Å². The third kappa shape index (κ3) is 6.80. The number of thiophene rings is 1. The number of sulfone groups is 1. The van der Waals surface area contributed by atoms with Gasteiger partial charge < -0.3 is 19.4 Å². The summed E-state index contributed by atoms with van der Waals surface area (Å²) in [6, 6.07) is 5.29. The number of aromatic nitrogens is 1. The number of rotatable bonds is 9. The van der Waals surface area contributed by atoms with Crippen molar-refractivity contribution in [1.29, 1.82) is 0 Å². The molecule has 1 N–H and O–H groups in total. The van der Waals surface area contributed by atoms with Crippen LogP contribution in [0.2, 0.25) is 0 Å². The Bertz CT molecular complexity index is 1670. The van der Waals surface area contributed by atoms with E-state index in [4.69, 9.17) is 15.9 Å². The molecule has 1 aliphatic carbocycles. The minimum absolute atomic E-state index is 0.126. The number of benzene rings is 1. The summed E-state index contributed by atoms with van der Waals surface area (Å²) >= 11 is 2.44. The predicted molar refractivity (Wildman–Crippen MR) is 155 cm³/mol. The summed E-state index contributed by atoms with van der Waals surface area (Å²) in [4.78, 5) is 43.4. The van der Waals surface area contributed by atoms with Crippen LogP contribution < -0.4 is 14.9 Å². The molecule has 2 aromatic heterocycles. The Labute approximate surface area is 239 Å². The fourth-order valence-electron chi connectivity index (χ4n) is 4.50. The van der Waals surface area contributed by atoms with Crippen LogP contribution >= 0.6 is 22.7 Å². The van der Waals surface area contributed by atoms with Gasteiger partial charge in [-0.25, -0.2) is 13.2 Å². The quantitative estimate of drug-likeness (QED) is 0.225. The standard InChI is InChI=1S/C27H29N3O7S3/c1-4-13-30-19-12-11-17(36-3)14-21(19)39-27(30)29-23(32)16-40(34,35)15-22(31)28-25-24(26(33)37-5-2)18-9-7-6-8-10-20(18)38-25/h1,11-12,14H,5-10,13,15-16H2,2-3H3,(H,28,31). The van der Waals surface area contributed by atoms with Crippen LogP contribution in [0.25, 0.3) is 10.2 Å². The van der Waals surface area contributed by atoms with Crippen molar-refractivity contribution in [3.05, 3.63) is 39.0 Å². The second kappa shape index (κ2) is 12.8. The lowest BCUT2D eigenvalue weighted by molar-refractivity contribution is -0.115. The van der Waals surface area contributed by atoms with E-state index in [1.807, 2.05) is 0 Å². The highest BCUT2D eigenvalue weighted by Crippen LogP contribution is 2.38. The number of esters is 1. The van der Waals surface area contributed by atoms with Gasteiger partial charge in [-0.1, -0.05) is 23.7 Å². The Morgan fingerprint density at radius 3 is 2.65 bits per heavy atom. The third-order valence-electron chi connectivity index (χ3n) is 6.21. The monoisotopic (exact) mass is 603 g/mol. The summed E-state index contributed by atoms with van der Waals surface area (Å²) in [5.41, 5.74) is 1.87. The number of thiazole rings is 1. The zero-order valence-corrected chi connectivity index (χ0v) is 24.6. The van der Waals surface area contributed by atoms with Crippen LogP contribution in [-0.4, -0.2) is 56.0 Å². The highest BCUT2D eigenvalue weighted by atomic mass is 32.2. The molecule has 1 aliphatic rings. The molecule has 0 aliphatic heterocycles. The van der Waals surface area contributed by atoms with Gasteiger partial charge >= 0.3 is 5.97 Å². The summed E-state index contributed by atoms with van der Waals surface area (Å²) in [6.45, 7) is 1.99. The summed E-state index contributed by atoms with van der Waals surface area (Å²) in [5, 5.41) is 2.86. The SMILES string of the molecule is C#CCn1c(=NC(=O)CS(=O)(=O)CC(=O)Nc2sc3c(c2C(=O)OCC)CCCCC3)sc2cc(OC)ccc21. The van der Waals surface area contributed by atoms with Crippen molar-refractivity contribution < 1.29 is 32.3 Å². The van der Waals surface area contributed by atoms with E-state index in [0.29, 0.717) is 17.7 Å². The molecule has 1 aromatic carbocycles. The first kappa shape index (κ1) is 29.5. The summed E-state index contributed by atoms with van der Waals surface area (Å²) in [5.74, 6) is -1.09. The van der Waals surface area contributed by atoms with Crippen molar-refractivity contribution >= 4 is 65.5 Å². The molecule has 0 bridgehead atoms. The van der Waals surface area contributed by atoms with E-state index in [0.717, 1.165) is 46.3 Å². The molecule has 40 heavy (non-hydrogen) atoms. The first-order valence-corrected chi connectivity index (χ1v) is 16.1. The van der Waals surface area contributed by atoms with Crippen LogP contribution in [0.5, 0.6) is 5.75 Å². The summed E-state index contributed by atoms with van der Waals surface area (Å²) in [7, 11) is -2.64. The van der Waals surface area contributed by atoms with Gasteiger partial charge in [-0.15, -0.1) is 17.8 Å². The van der Waals surface area contributed by atoms with Gasteiger partial charge in [0.05, 0.1) is 36.0 Å². The van der Waals surface area contributed by atoms with Crippen LogP contribution in [0.3, 0.4) is 0 Å². The van der Waals surface area contributed by atoms with Gasteiger partial charge in [-0.05, 0) is 56.4 Å². The Morgan fingerprint density at radius 2 is 1.93 bits per heavy atom. The molecule has 4 rings (SSSR count). The number of hydrogen-bond acceptors (Lipinski definition) is 9. The molecule has 0 spiro atoms. The largest absolute Gasteiger partial charge is 0.497 e. The number of fused-ring (bicyclic) bond motifs is 2. The van der Waals surface area contributed by atoms with E-state index >= 15 is 0 Å². The number of methoxy groups -OCH3 is 1. The first-order chi connectivity index (χ1) is 19.2. The minimum atomic E-state index is -4.17. The first-order valence-electron chi connectivity index (χ1n) is 12.7. The highest BCUT2D eigenvalue weighted by molar-refractivity contribution is 7.92.